The highest BCUT2D eigenvalue weighted by atomic mass is 32.1. The van der Waals surface area contributed by atoms with Gasteiger partial charge in [0.15, 0.2) is 0 Å². The maximum atomic E-state index is 5.21. The first-order valence-electron chi connectivity index (χ1n) is 7.07. The molecule has 0 amide bonds. The Balaban J connectivity index is 2.49. The fourth-order valence-electron chi connectivity index (χ4n) is 2.85. The van der Waals surface area contributed by atoms with E-state index in [-0.39, 0.29) is 0 Å². The van der Waals surface area contributed by atoms with Crippen LogP contribution in [0.1, 0.15) is 32.1 Å². The third kappa shape index (κ3) is 5.47. The minimum Gasteiger partial charge on any atom is -0.383 e. The highest BCUT2D eigenvalue weighted by molar-refractivity contribution is 7.80. The van der Waals surface area contributed by atoms with E-state index in [2.05, 4.69) is 17.5 Å². The summed E-state index contributed by atoms with van der Waals surface area (Å²) in [5.74, 6) is 1.00. The number of rotatable bonds is 9. The van der Waals surface area contributed by atoms with Crippen molar-refractivity contribution < 1.29 is 9.47 Å². The number of nitrogens with zero attached hydrogens (tertiary/aromatic N) is 1. The van der Waals surface area contributed by atoms with Crippen molar-refractivity contribution in [3.63, 3.8) is 0 Å². The second kappa shape index (κ2) is 9.18. The van der Waals surface area contributed by atoms with Crippen LogP contribution in [0.25, 0.3) is 0 Å². The Morgan fingerprint density at radius 1 is 1.00 bits per heavy atom. The van der Waals surface area contributed by atoms with E-state index in [0.717, 1.165) is 38.6 Å². The van der Waals surface area contributed by atoms with Crippen molar-refractivity contribution in [3.05, 3.63) is 0 Å². The molecule has 0 aliphatic heterocycles. The normalized spacial score (nSPS) is 19.3. The summed E-state index contributed by atoms with van der Waals surface area (Å²) in [5.41, 5.74) is 0.419. The standard InChI is InChI=1S/C14H29NO2S/c1-16-10-8-15(9-11-17-2)12-14(13-18)6-4-3-5-7-14/h18H,3-13H2,1-2H3. The first kappa shape index (κ1) is 16.3. The molecule has 3 nitrogen and oxygen atoms in total. The predicted molar refractivity (Wildman–Crippen MR) is 79.6 cm³/mol. The van der Waals surface area contributed by atoms with E-state index in [0.29, 0.717) is 5.41 Å². The van der Waals surface area contributed by atoms with Crippen molar-refractivity contribution in [2.75, 3.05) is 52.8 Å². The van der Waals surface area contributed by atoms with E-state index in [1.807, 2.05) is 0 Å². The molecule has 108 valence electrons. The van der Waals surface area contributed by atoms with Crippen molar-refractivity contribution in [2.24, 2.45) is 5.41 Å². The molecule has 0 aromatic rings. The summed E-state index contributed by atoms with van der Waals surface area (Å²) in [5, 5.41) is 0. The van der Waals surface area contributed by atoms with E-state index in [9.17, 15) is 0 Å². The van der Waals surface area contributed by atoms with Crippen LogP contribution < -0.4 is 0 Å². The lowest BCUT2D eigenvalue weighted by atomic mass is 9.75. The van der Waals surface area contributed by atoms with Crippen LogP contribution in [0.5, 0.6) is 0 Å². The number of hydrogen-bond acceptors (Lipinski definition) is 4. The summed E-state index contributed by atoms with van der Waals surface area (Å²) in [6.45, 7) is 4.73. The van der Waals surface area contributed by atoms with E-state index < -0.39 is 0 Å². The average molecular weight is 275 g/mol. The van der Waals surface area contributed by atoms with E-state index in [1.54, 1.807) is 14.2 Å². The fourth-order valence-corrected chi connectivity index (χ4v) is 3.27. The van der Waals surface area contributed by atoms with Crippen molar-refractivity contribution in [3.8, 4) is 0 Å². The van der Waals surface area contributed by atoms with E-state index in [4.69, 9.17) is 9.47 Å². The van der Waals surface area contributed by atoms with E-state index >= 15 is 0 Å². The Morgan fingerprint density at radius 3 is 2.00 bits per heavy atom. The zero-order valence-corrected chi connectivity index (χ0v) is 12.9. The molecule has 1 saturated carbocycles. The summed E-state index contributed by atoms with van der Waals surface area (Å²) in [4.78, 5) is 2.48. The predicted octanol–water partition coefficient (Wildman–Crippen LogP) is 2.46. The van der Waals surface area contributed by atoms with Gasteiger partial charge in [-0.15, -0.1) is 0 Å². The first-order chi connectivity index (χ1) is 8.76. The second-order valence-corrected chi connectivity index (χ2v) is 5.80. The third-order valence-corrected chi connectivity index (χ3v) is 4.70. The van der Waals surface area contributed by atoms with Gasteiger partial charge in [-0.3, -0.25) is 4.90 Å². The summed E-state index contributed by atoms with van der Waals surface area (Å²) in [6.07, 6.45) is 6.78. The molecular formula is C14H29NO2S. The molecule has 0 spiro atoms. The smallest absolute Gasteiger partial charge is 0.0589 e. The maximum Gasteiger partial charge on any atom is 0.0589 e. The van der Waals surface area contributed by atoms with Crippen LogP contribution in [-0.4, -0.2) is 57.7 Å². The van der Waals surface area contributed by atoms with Gasteiger partial charge in [-0.1, -0.05) is 19.3 Å². The zero-order valence-electron chi connectivity index (χ0n) is 12.0. The number of hydrogen-bond donors (Lipinski definition) is 1. The quantitative estimate of drug-likeness (QED) is 0.653. The molecule has 1 rings (SSSR count). The van der Waals surface area contributed by atoms with Gasteiger partial charge in [0, 0.05) is 33.9 Å². The SMILES string of the molecule is COCCN(CCOC)CC1(CS)CCCCC1. The number of ether oxygens (including phenoxy) is 2. The second-order valence-electron chi connectivity index (χ2n) is 5.48. The average Bonchev–Trinajstić information content (AvgIpc) is 2.43. The van der Waals surface area contributed by atoms with Crippen LogP contribution >= 0.6 is 12.6 Å². The minimum absolute atomic E-state index is 0.419. The molecule has 0 saturated heterocycles. The van der Waals surface area contributed by atoms with Gasteiger partial charge in [0.2, 0.25) is 0 Å². The van der Waals surface area contributed by atoms with Crippen molar-refractivity contribution in [1.29, 1.82) is 0 Å². The van der Waals surface area contributed by atoms with E-state index in [1.165, 1.54) is 32.1 Å². The summed E-state index contributed by atoms with van der Waals surface area (Å²) >= 11 is 4.62. The molecule has 0 radical (unpaired) electrons. The fraction of sp³-hybridized carbons (Fsp3) is 1.00. The van der Waals surface area contributed by atoms with Gasteiger partial charge in [-0.05, 0) is 24.0 Å². The molecule has 0 aromatic heterocycles. The monoisotopic (exact) mass is 275 g/mol. The molecular weight excluding hydrogens is 246 g/mol. The molecule has 1 fully saturated rings. The van der Waals surface area contributed by atoms with Gasteiger partial charge < -0.3 is 9.47 Å². The van der Waals surface area contributed by atoms with Gasteiger partial charge >= 0.3 is 0 Å². The molecule has 0 unspecified atom stereocenters. The Bertz CT molecular complexity index is 200. The number of thiol groups is 1. The molecule has 0 N–H and O–H groups in total. The van der Waals surface area contributed by atoms with Crippen molar-refractivity contribution in [1.82, 2.24) is 4.90 Å². The molecule has 0 aromatic carbocycles. The van der Waals surface area contributed by atoms with Crippen LogP contribution in [0.15, 0.2) is 0 Å². The zero-order chi connectivity index (χ0) is 13.3. The molecule has 18 heavy (non-hydrogen) atoms. The van der Waals surface area contributed by atoms with Crippen LogP contribution in [0, 0.1) is 5.41 Å². The van der Waals surface area contributed by atoms with Crippen LogP contribution in [-0.2, 0) is 9.47 Å². The highest BCUT2D eigenvalue weighted by Crippen LogP contribution is 2.37. The minimum atomic E-state index is 0.419. The summed E-state index contributed by atoms with van der Waals surface area (Å²) in [7, 11) is 3.53. The number of methoxy groups -OCH3 is 2. The van der Waals surface area contributed by atoms with Crippen molar-refractivity contribution in [2.45, 2.75) is 32.1 Å². The molecule has 4 heteroatoms. The van der Waals surface area contributed by atoms with Crippen LogP contribution in [0.3, 0.4) is 0 Å². The largest absolute Gasteiger partial charge is 0.383 e. The maximum absolute atomic E-state index is 5.21. The Hall–Kier alpha value is 0.230. The van der Waals surface area contributed by atoms with Gasteiger partial charge in [0.1, 0.15) is 0 Å². The summed E-state index contributed by atoms with van der Waals surface area (Å²) in [6, 6.07) is 0. The molecule has 0 atom stereocenters. The van der Waals surface area contributed by atoms with Gasteiger partial charge in [-0.2, -0.15) is 12.6 Å². The Labute approximate surface area is 118 Å². The lowest BCUT2D eigenvalue weighted by Crippen LogP contribution is -2.43. The third-order valence-electron chi connectivity index (χ3n) is 4.03. The summed E-state index contributed by atoms with van der Waals surface area (Å²) < 4.78 is 10.4. The molecule has 1 aliphatic rings. The van der Waals surface area contributed by atoms with Crippen LogP contribution in [0.4, 0.5) is 0 Å². The molecule has 0 heterocycles. The lowest BCUT2D eigenvalue weighted by Gasteiger charge is -2.40. The Morgan fingerprint density at radius 2 is 1.56 bits per heavy atom. The molecule has 0 bridgehead atoms. The lowest BCUT2D eigenvalue weighted by molar-refractivity contribution is 0.0714. The van der Waals surface area contributed by atoms with Crippen LogP contribution in [0.2, 0.25) is 0 Å². The molecule has 1 aliphatic carbocycles. The Kier molecular flexibility index (Phi) is 8.31. The van der Waals surface area contributed by atoms with Crippen molar-refractivity contribution >= 4 is 12.6 Å². The van der Waals surface area contributed by atoms with Gasteiger partial charge in [-0.25, -0.2) is 0 Å². The first-order valence-corrected chi connectivity index (χ1v) is 7.71. The van der Waals surface area contributed by atoms with Gasteiger partial charge in [0.05, 0.1) is 13.2 Å². The van der Waals surface area contributed by atoms with Gasteiger partial charge in [0.25, 0.3) is 0 Å². The highest BCUT2D eigenvalue weighted by Gasteiger charge is 2.32. The topological polar surface area (TPSA) is 21.7 Å².